The normalized spacial score (nSPS) is 20.8. The van der Waals surface area contributed by atoms with Crippen molar-refractivity contribution in [1.82, 2.24) is 4.90 Å². The number of nitrogens with zero attached hydrogens (tertiary/aromatic N) is 2. The molecule has 3 heteroatoms. The lowest BCUT2D eigenvalue weighted by Crippen LogP contribution is -2.36. The summed E-state index contributed by atoms with van der Waals surface area (Å²) in [5.41, 5.74) is 2.16. The summed E-state index contributed by atoms with van der Waals surface area (Å²) >= 11 is 0. The van der Waals surface area contributed by atoms with E-state index in [1.54, 1.807) is 0 Å². The van der Waals surface area contributed by atoms with Gasteiger partial charge in [-0.3, -0.25) is 0 Å². The minimum Gasteiger partial charge on any atom is -0.392 e. The molecule has 1 aromatic rings. The van der Waals surface area contributed by atoms with E-state index in [1.165, 1.54) is 19.4 Å². The molecule has 1 aliphatic heterocycles. The monoisotopic (exact) mass is 234 g/mol. The molecule has 0 aliphatic carbocycles. The number of likely N-dealkylation sites (N-methyl/N-ethyl adjacent to an activating group) is 2. The fraction of sp³-hybridized carbons (Fsp3) is 0.571. The first-order chi connectivity index (χ1) is 8.22. The van der Waals surface area contributed by atoms with Crippen LogP contribution in [0.3, 0.4) is 0 Å². The minimum atomic E-state index is 0.112. The van der Waals surface area contributed by atoms with E-state index in [2.05, 4.69) is 30.0 Å². The van der Waals surface area contributed by atoms with Gasteiger partial charge >= 0.3 is 0 Å². The number of rotatable bonds is 4. The van der Waals surface area contributed by atoms with Crippen molar-refractivity contribution in [1.29, 1.82) is 0 Å². The molecule has 0 saturated carbocycles. The Hall–Kier alpha value is -1.06. The second kappa shape index (κ2) is 5.52. The van der Waals surface area contributed by atoms with E-state index < -0.39 is 0 Å². The quantitative estimate of drug-likeness (QED) is 0.859. The van der Waals surface area contributed by atoms with Crippen LogP contribution >= 0.6 is 0 Å². The standard InChI is InChI=1S/C14H22N2O/c1-15-9-5-7-13(15)10-16(2)14-8-4-3-6-12(14)11-17/h3-4,6,8,13,17H,5,7,9-11H2,1-2H3. The van der Waals surface area contributed by atoms with Crippen molar-refractivity contribution in [3.8, 4) is 0 Å². The zero-order valence-corrected chi connectivity index (χ0v) is 10.8. The molecule has 1 unspecified atom stereocenters. The van der Waals surface area contributed by atoms with Gasteiger partial charge in [0.2, 0.25) is 0 Å². The van der Waals surface area contributed by atoms with Crippen LogP contribution in [0.25, 0.3) is 0 Å². The van der Waals surface area contributed by atoms with Crippen LogP contribution < -0.4 is 4.90 Å². The highest BCUT2D eigenvalue weighted by Gasteiger charge is 2.22. The molecule has 2 rings (SSSR count). The summed E-state index contributed by atoms with van der Waals surface area (Å²) < 4.78 is 0. The number of aliphatic hydroxyl groups excluding tert-OH is 1. The fourth-order valence-electron chi connectivity index (χ4n) is 2.64. The van der Waals surface area contributed by atoms with Gasteiger partial charge in [0.15, 0.2) is 0 Å². The van der Waals surface area contributed by atoms with E-state index in [-0.39, 0.29) is 6.61 Å². The molecule has 1 atom stereocenters. The van der Waals surface area contributed by atoms with Gasteiger partial charge in [0.25, 0.3) is 0 Å². The van der Waals surface area contributed by atoms with Gasteiger partial charge < -0.3 is 14.9 Å². The maximum atomic E-state index is 9.34. The van der Waals surface area contributed by atoms with Crippen LogP contribution in [0, 0.1) is 0 Å². The molecule has 0 spiro atoms. The van der Waals surface area contributed by atoms with Gasteiger partial charge in [-0.15, -0.1) is 0 Å². The van der Waals surface area contributed by atoms with E-state index in [1.807, 2.05) is 18.2 Å². The SMILES string of the molecule is CN(CC1CCCN1C)c1ccccc1CO. The average Bonchev–Trinajstić information content (AvgIpc) is 2.75. The van der Waals surface area contributed by atoms with Crippen LogP contribution in [-0.2, 0) is 6.61 Å². The molecule has 1 aliphatic rings. The lowest BCUT2D eigenvalue weighted by atomic mass is 10.1. The van der Waals surface area contributed by atoms with Crippen molar-refractivity contribution in [2.75, 3.05) is 32.1 Å². The Morgan fingerprint density at radius 2 is 2.18 bits per heavy atom. The van der Waals surface area contributed by atoms with E-state index in [4.69, 9.17) is 0 Å². The van der Waals surface area contributed by atoms with Crippen molar-refractivity contribution >= 4 is 5.69 Å². The Morgan fingerprint density at radius 1 is 1.41 bits per heavy atom. The van der Waals surface area contributed by atoms with Crippen molar-refractivity contribution < 1.29 is 5.11 Å². The van der Waals surface area contributed by atoms with Gasteiger partial charge in [0, 0.05) is 30.9 Å². The largest absolute Gasteiger partial charge is 0.392 e. The summed E-state index contributed by atoms with van der Waals surface area (Å²) in [7, 11) is 4.31. The smallest absolute Gasteiger partial charge is 0.0702 e. The molecule has 1 fully saturated rings. The van der Waals surface area contributed by atoms with Crippen LogP contribution in [0.5, 0.6) is 0 Å². The maximum absolute atomic E-state index is 9.34. The van der Waals surface area contributed by atoms with Crippen LogP contribution in [0.4, 0.5) is 5.69 Å². The van der Waals surface area contributed by atoms with Crippen LogP contribution in [0.15, 0.2) is 24.3 Å². The number of likely N-dealkylation sites (tertiary alicyclic amines) is 1. The predicted octanol–water partition coefficient (Wildman–Crippen LogP) is 1.71. The Kier molecular flexibility index (Phi) is 4.02. The molecule has 0 amide bonds. The predicted molar refractivity (Wildman–Crippen MR) is 71.3 cm³/mol. The third-order valence-corrected chi connectivity index (χ3v) is 3.73. The van der Waals surface area contributed by atoms with Crippen molar-refractivity contribution in [3.63, 3.8) is 0 Å². The summed E-state index contributed by atoms with van der Waals surface area (Å²) in [5, 5.41) is 9.34. The van der Waals surface area contributed by atoms with Gasteiger partial charge in [-0.05, 0) is 32.5 Å². The minimum absolute atomic E-state index is 0.112. The molecule has 0 radical (unpaired) electrons. The van der Waals surface area contributed by atoms with Gasteiger partial charge in [0.05, 0.1) is 6.61 Å². The van der Waals surface area contributed by atoms with Crippen molar-refractivity contribution in [2.45, 2.75) is 25.5 Å². The average molecular weight is 234 g/mol. The number of hydrogen-bond donors (Lipinski definition) is 1. The first-order valence-corrected chi connectivity index (χ1v) is 6.32. The highest BCUT2D eigenvalue weighted by molar-refractivity contribution is 5.52. The summed E-state index contributed by atoms with van der Waals surface area (Å²) in [4.78, 5) is 4.69. The van der Waals surface area contributed by atoms with Gasteiger partial charge in [-0.1, -0.05) is 18.2 Å². The third-order valence-electron chi connectivity index (χ3n) is 3.73. The van der Waals surface area contributed by atoms with E-state index in [0.717, 1.165) is 17.8 Å². The van der Waals surface area contributed by atoms with Crippen LogP contribution in [-0.4, -0.2) is 43.2 Å². The molecule has 1 heterocycles. The van der Waals surface area contributed by atoms with Gasteiger partial charge in [-0.25, -0.2) is 0 Å². The molecule has 94 valence electrons. The van der Waals surface area contributed by atoms with E-state index >= 15 is 0 Å². The second-order valence-electron chi connectivity index (χ2n) is 4.94. The molecular formula is C14H22N2O. The van der Waals surface area contributed by atoms with Crippen molar-refractivity contribution in [3.05, 3.63) is 29.8 Å². The van der Waals surface area contributed by atoms with Gasteiger partial charge in [0.1, 0.15) is 0 Å². The molecular weight excluding hydrogens is 212 g/mol. The van der Waals surface area contributed by atoms with E-state index in [0.29, 0.717) is 6.04 Å². The highest BCUT2D eigenvalue weighted by atomic mass is 16.3. The fourth-order valence-corrected chi connectivity index (χ4v) is 2.64. The lowest BCUT2D eigenvalue weighted by molar-refractivity contribution is 0.281. The molecule has 1 N–H and O–H groups in total. The number of anilines is 1. The molecule has 1 saturated heterocycles. The zero-order valence-electron chi connectivity index (χ0n) is 10.8. The third kappa shape index (κ3) is 2.79. The Morgan fingerprint density at radius 3 is 2.82 bits per heavy atom. The van der Waals surface area contributed by atoms with Gasteiger partial charge in [-0.2, -0.15) is 0 Å². The first kappa shape index (κ1) is 12.4. The summed E-state index contributed by atoms with van der Waals surface area (Å²) in [6, 6.07) is 8.73. The maximum Gasteiger partial charge on any atom is 0.0702 e. The van der Waals surface area contributed by atoms with Crippen LogP contribution in [0.1, 0.15) is 18.4 Å². The van der Waals surface area contributed by atoms with E-state index in [9.17, 15) is 5.11 Å². The first-order valence-electron chi connectivity index (χ1n) is 6.32. The summed E-state index contributed by atoms with van der Waals surface area (Å²) in [5.74, 6) is 0. The molecule has 17 heavy (non-hydrogen) atoms. The Balaban J connectivity index is 2.06. The van der Waals surface area contributed by atoms with Crippen LogP contribution in [0.2, 0.25) is 0 Å². The molecule has 0 aromatic heterocycles. The molecule has 1 aromatic carbocycles. The number of para-hydroxylation sites is 1. The Labute approximate surface area is 104 Å². The lowest BCUT2D eigenvalue weighted by Gasteiger charge is -2.28. The second-order valence-corrected chi connectivity index (χ2v) is 4.94. The topological polar surface area (TPSA) is 26.7 Å². The zero-order chi connectivity index (χ0) is 12.3. The Bertz CT molecular complexity index is 367. The number of benzene rings is 1. The highest BCUT2D eigenvalue weighted by Crippen LogP contribution is 2.22. The van der Waals surface area contributed by atoms with Crippen molar-refractivity contribution in [2.24, 2.45) is 0 Å². The summed E-state index contributed by atoms with van der Waals surface area (Å²) in [6.07, 6.45) is 2.58. The number of aliphatic hydroxyl groups is 1. The number of hydrogen-bond acceptors (Lipinski definition) is 3. The summed E-state index contributed by atoms with van der Waals surface area (Å²) in [6.45, 7) is 2.36. The molecule has 3 nitrogen and oxygen atoms in total. The molecule has 0 bridgehead atoms.